The van der Waals surface area contributed by atoms with Gasteiger partial charge in [0.1, 0.15) is 6.54 Å². The average Bonchev–Trinajstić information content (AvgIpc) is 2.70. The molecule has 0 heterocycles. The molecule has 1 amide bonds. The van der Waals surface area contributed by atoms with Gasteiger partial charge in [-0.25, -0.2) is 4.99 Å². The number of nitrogens with one attached hydrogen (secondary N) is 2. The Morgan fingerprint density at radius 3 is 2.60 bits per heavy atom. The lowest BCUT2D eigenvalue weighted by molar-refractivity contribution is -0.127. The number of aliphatic imine (C=N–C) groups is 1. The number of hydrogen-bond donors (Lipinski definition) is 2. The van der Waals surface area contributed by atoms with Crippen molar-refractivity contribution >= 4 is 35.8 Å². The summed E-state index contributed by atoms with van der Waals surface area (Å²) < 4.78 is 5.84. The summed E-state index contributed by atoms with van der Waals surface area (Å²) >= 11 is 0. The number of carbonyl (C=O) groups is 1. The molecule has 2 N–H and O–H groups in total. The molecule has 2 rings (SSSR count). The normalized spacial score (nSPS) is 17.0. The maximum atomic E-state index is 12.0. The van der Waals surface area contributed by atoms with E-state index in [1.807, 2.05) is 6.92 Å². The Labute approximate surface area is 199 Å². The fourth-order valence-electron chi connectivity index (χ4n) is 3.61. The Balaban J connectivity index is 0.00000450. The van der Waals surface area contributed by atoms with Gasteiger partial charge in [0.15, 0.2) is 5.96 Å². The molecule has 0 aromatic heterocycles. The number of carbonyl (C=O) groups excluding carboxylic acids is 1. The zero-order chi connectivity index (χ0) is 21.2. The van der Waals surface area contributed by atoms with Crippen molar-refractivity contribution in [2.45, 2.75) is 58.6 Å². The highest BCUT2D eigenvalue weighted by molar-refractivity contribution is 14.0. The molecule has 0 saturated heterocycles. The predicted octanol–water partition coefficient (Wildman–Crippen LogP) is 3.24. The number of aryl methyl sites for hydroxylation is 1. The second kappa shape index (κ2) is 13.9. The summed E-state index contributed by atoms with van der Waals surface area (Å²) in [5.41, 5.74) is 2.84. The van der Waals surface area contributed by atoms with Crippen LogP contribution in [-0.2, 0) is 22.4 Å². The summed E-state index contributed by atoms with van der Waals surface area (Å²) in [6, 6.07) is 8.95. The van der Waals surface area contributed by atoms with Gasteiger partial charge in [0.25, 0.3) is 0 Å². The molecule has 7 heteroatoms. The second-order valence-corrected chi connectivity index (χ2v) is 8.26. The lowest BCUT2D eigenvalue weighted by Crippen LogP contribution is -2.47. The van der Waals surface area contributed by atoms with Gasteiger partial charge in [-0.15, -0.1) is 24.0 Å². The Hall–Kier alpha value is -1.35. The van der Waals surface area contributed by atoms with E-state index >= 15 is 0 Å². The molecule has 2 unspecified atom stereocenters. The lowest BCUT2D eigenvalue weighted by atomic mass is 9.88. The summed E-state index contributed by atoms with van der Waals surface area (Å²) in [5.74, 6) is 1.17. The first kappa shape index (κ1) is 26.7. The minimum Gasteiger partial charge on any atom is -0.378 e. The van der Waals surface area contributed by atoms with Crippen LogP contribution in [0.2, 0.25) is 0 Å². The molecule has 2 atom stereocenters. The maximum absolute atomic E-state index is 12.0. The highest BCUT2D eigenvalue weighted by Gasteiger charge is 2.20. The summed E-state index contributed by atoms with van der Waals surface area (Å²) in [4.78, 5) is 18.1. The molecule has 1 aliphatic rings. The molecule has 1 aromatic rings. The average molecular weight is 530 g/mol. The minimum absolute atomic E-state index is 0. The summed E-state index contributed by atoms with van der Waals surface area (Å²) in [7, 11) is 3.51. The van der Waals surface area contributed by atoms with Gasteiger partial charge < -0.3 is 20.3 Å². The van der Waals surface area contributed by atoms with Crippen molar-refractivity contribution in [1.29, 1.82) is 0 Å². The van der Waals surface area contributed by atoms with E-state index in [4.69, 9.17) is 4.74 Å². The van der Waals surface area contributed by atoms with E-state index in [1.54, 1.807) is 19.0 Å². The van der Waals surface area contributed by atoms with Gasteiger partial charge in [0.05, 0.1) is 6.10 Å². The van der Waals surface area contributed by atoms with Gasteiger partial charge in [0.2, 0.25) is 5.91 Å². The van der Waals surface area contributed by atoms with Gasteiger partial charge in [-0.2, -0.15) is 0 Å². The molecular formula is C23H39IN4O2. The molecule has 6 nitrogen and oxygen atoms in total. The van der Waals surface area contributed by atoms with Crippen LogP contribution in [0.4, 0.5) is 0 Å². The third-order valence-electron chi connectivity index (χ3n) is 5.40. The molecular weight excluding hydrogens is 491 g/mol. The molecule has 30 heavy (non-hydrogen) atoms. The molecule has 1 aromatic carbocycles. The van der Waals surface area contributed by atoms with E-state index in [9.17, 15) is 4.79 Å². The first-order chi connectivity index (χ1) is 13.9. The first-order valence-corrected chi connectivity index (χ1v) is 10.8. The molecule has 170 valence electrons. The molecule has 1 aliphatic carbocycles. The van der Waals surface area contributed by atoms with E-state index in [0.717, 1.165) is 38.8 Å². The van der Waals surface area contributed by atoms with Gasteiger partial charge in [-0.1, -0.05) is 38.1 Å². The Morgan fingerprint density at radius 1 is 1.27 bits per heavy atom. The zero-order valence-electron chi connectivity index (χ0n) is 19.1. The van der Waals surface area contributed by atoms with E-state index in [-0.39, 0.29) is 42.5 Å². The van der Waals surface area contributed by atoms with Crippen molar-refractivity contribution in [3.63, 3.8) is 0 Å². The van der Waals surface area contributed by atoms with E-state index < -0.39 is 0 Å². The van der Waals surface area contributed by atoms with Crippen molar-refractivity contribution in [2.75, 3.05) is 33.8 Å². The fourth-order valence-corrected chi connectivity index (χ4v) is 3.61. The Kier molecular flexibility index (Phi) is 12.3. The standard InChI is InChI=1S/C23H38N4O2.HI/c1-6-29-21(17(2)3)13-14-24-23(25-16-22(28)27(4)5)26-20-12-11-18-9-7-8-10-19(18)15-20;/h7-10,17,20-21H,6,11-16H2,1-5H3,(H2,24,25,26);1H. The lowest BCUT2D eigenvalue weighted by Gasteiger charge is -2.28. The number of ether oxygens (including phenoxy) is 1. The molecule has 0 aliphatic heterocycles. The Morgan fingerprint density at radius 2 is 1.97 bits per heavy atom. The minimum atomic E-state index is -0.00513. The van der Waals surface area contributed by atoms with Crippen LogP contribution in [0.15, 0.2) is 29.3 Å². The third kappa shape index (κ3) is 8.79. The maximum Gasteiger partial charge on any atom is 0.243 e. The van der Waals surface area contributed by atoms with Crippen LogP contribution in [0.25, 0.3) is 0 Å². The van der Waals surface area contributed by atoms with Crippen molar-refractivity contribution < 1.29 is 9.53 Å². The number of nitrogens with zero attached hydrogens (tertiary/aromatic N) is 2. The van der Waals surface area contributed by atoms with Crippen LogP contribution in [-0.4, -0.2) is 62.7 Å². The largest absolute Gasteiger partial charge is 0.378 e. The van der Waals surface area contributed by atoms with Gasteiger partial charge >= 0.3 is 0 Å². The molecule has 0 fully saturated rings. The Bertz CT molecular complexity index is 679. The van der Waals surface area contributed by atoms with Crippen molar-refractivity contribution in [1.82, 2.24) is 15.5 Å². The van der Waals surface area contributed by atoms with E-state index in [2.05, 4.69) is 53.7 Å². The van der Waals surface area contributed by atoms with E-state index in [0.29, 0.717) is 17.9 Å². The van der Waals surface area contributed by atoms with Gasteiger partial charge in [-0.05, 0) is 49.7 Å². The predicted molar refractivity (Wildman–Crippen MR) is 135 cm³/mol. The van der Waals surface area contributed by atoms with Crippen LogP contribution in [0.5, 0.6) is 0 Å². The monoisotopic (exact) mass is 530 g/mol. The number of halogens is 1. The van der Waals surface area contributed by atoms with Crippen molar-refractivity contribution in [3.05, 3.63) is 35.4 Å². The second-order valence-electron chi connectivity index (χ2n) is 8.26. The van der Waals surface area contributed by atoms with E-state index in [1.165, 1.54) is 11.1 Å². The summed E-state index contributed by atoms with van der Waals surface area (Å²) in [6.07, 6.45) is 4.23. The number of rotatable bonds is 9. The van der Waals surface area contributed by atoms with Crippen LogP contribution in [0, 0.1) is 5.92 Å². The summed E-state index contributed by atoms with van der Waals surface area (Å²) in [6.45, 7) is 8.02. The molecule has 0 radical (unpaired) electrons. The topological polar surface area (TPSA) is 66.0 Å². The van der Waals surface area contributed by atoms with Gasteiger partial charge in [-0.3, -0.25) is 4.79 Å². The quantitative estimate of drug-likeness (QED) is 0.293. The highest BCUT2D eigenvalue weighted by atomic mass is 127. The highest BCUT2D eigenvalue weighted by Crippen LogP contribution is 2.21. The molecule has 0 bridgehead atoms. The summed E-state index contributed by atoms with van der Waals surface area (Å²) in [5, 5.41) is 6.97. The first-order valence-electron chi connectivity index (χ1n) is 10.8. The van der Waals surface area contributed by atoms with Crippen molar-refractivity contribution in [2.24, 2.45) is 10.9 Å². The number of likely N-dealkylation sites (N-methyl/N-ethyl adjacent to an activating group) is 1. The SMILES string of the molecule is CCOC(CCNC(=NCC(=O)N(C)C)NC1CCc2ccccc2C1)C(C)C.I. The number of benzene rings is 1. The zero-order valence-corrected chi connectivity index (χ0v) is 21.4. The van der Waals surface area contributed by atoms with Crippen molar-refractivity contribution in [3.8, 4) is 0 Å². The number of hydrogen-bond acceptors (Lipinski definition) is 3. The smallest absolute Gasteiger partial charge is 0.243 e. The van der Waals surface area contributed by atoms with Crippen LogP contribution in [0.3, 0.4) is 0 Å². The number of amides is 1. The molecule has 0 spiro atoms. The van der Waals surface area contributed by atoms with Crippen LogP contribution >= 0.6 is 24.0 Å². The molecule has 0 saturated carbocycles. The fraction of sp³-hybridized carbons (Fsp3) is 0.652. The van der Waals surface area contributed by atoms with Crippen LogP contribution in [0.1, 0.15) is 44.7 Å². The number of guanidine groups is 1. The number of fused-ring (bicyclic) bond motifs is 1. The third-order valence-corrected chi connectivity index (χ3v) is 5.40. The van der Waals surface area contributed by atoms with Gasteiger partial charge in [0, 0.05) is 33.3 Å². The van der Waals surface area contributed by atoms with Crippen LogP contribution < -0.4 is 10.6 Å².